The van der Waals surface area contributed by atoms with Gasteiger partial charge in [0.2, 0.25) is 11.4 Å². The predicted octanol–water partition coefficient (Wildman–Crippen LogP) is 16.6. The van der Waals surface area contributed by atoms with Crippen molar-refractivity contribution in [2.75, 3.05) is 0 Å². The van der Waals surface area contributed by atoms with Gasteiger partial charge in [0, 0.05) is 52.4 Å². The number of para-hydroxylation sites is 4. The Bertz CT molecular complexity index is 4630. The topological polar surface area (TPSA) is 71.7 Å². The zero-order valence-electron chi connectivity index (χ0n) is 50.9. The Balaban J connectivity index is 1.09. The molecule has 356 valence electrons. The fourth-order valence-electron chi connectivity index (χ4n) is 9.62. The molecule has 0 fully saturated rings. The van der Waals surface area contributed by atoms with Crippen LogP contribution in [0.4, 0.5) is 22.7 Å². The lowest BCUT2D eigenvalue weighted by atomic mass is 9.86. The van der Waals surface area contributed by atoms with Crippen LogP contribution in [0.5, 0.6) is 11.5 Å². The first-order chi connectivity index (χ1) is 41.0. The van der Waals surface area contributed by atoms with Crippen molar-refractivity contribution in [2.45, 2.75) is 26.2 Å². The first kappa shape index (κ1) is 35.3. The molecule has 12 aromatic rings. The molecule has 8 nitrogen and oxygen atoms in total. The molecular formula is C67H49N7O+2. The Labute approximate surface area is 449 Å². The largest absolute Gasteiger partial charge is 0.503 e. The Morgan fingerprint density at radius 2 is 1.08 bits per heavy atom. The van der Waals surface area contributed by atoms with Crippen LogP contribution < -0.4 is 13.9 Å². The number of ether oxygens (including phenoxy) is 1. The molecule has 13 rings (SSSR count). The Morgan fingerprint density at radius 3 is 1.71 bits per heavy atom. The average Bonchev–Trinajstić information content (AvgIpc) is 2.62. The van der Waals surface area contributed by atoms with Crippen LogP contribution in [-0.4, -0.2) is 30.5 Å². The van der Waals surface area contributed by atoms with Crippen molar-refractivity contribution in [3.05, 3.63) is 248 Å². The van der Waals surface area contributed by atoms with E-state index in [9.17, 15) is 5.48 Å². The van der Waals surface area contributed by atoms with E-state index >= 15 is 0 Å². The zero-order chi connectivity index (χ0) is 59.2. The molecule has 1 aliphatic heterocycles. The highest BCUT2D eigenvalue weighted by molar-refractivity contribution is 6.11. The third-order valence-corrected chi connectivity index (χ3v) is 13.2. The van der Waals surface area contributed by atoms with Gasteiger partial charge < -0.3 is 4.74 Å². The molecule has 0 aliphatic carbocycles. The van der Waals surface area contributed by atoms with Gasteiger partial charge in [-0.1, -0.05) is 184 Å². The summed E-state index contributed by atoms with van der Waals surface area (Å²) in [7, 11) is 0. The summed E-state index contributed by atoms with van der Waals surface area (Å²) in [6.07, 6.45) is 1.76. The Morgan fingerprint density at radius 1 is 0.493 bits per heavy atom. The first-order valence-corrected chi connectivity index (χ1v) is 24.4. The molecule has 8 heteroatoms. The van der Waals surface area contributed by atoms with Gasteiger partial charge in [-0.2, -0.15) is 0 Å². The maximum Gasteiger partial charge on any atom is 0.503 e. The van der Waals surface area contributed by atoms with Gasteiger partial charge in [0.05, 0.1) is 47.5 Å². The van der Waals surface area contributed by atoms with Gasteiger partial charge in [0.15, 0.2) is 17.5 Å². The van der Waals surface area contributed by atoms with Crippen molar-refractivity contribution in [3.63, 3.8) is 0 Å². The van der Waals surface area contributed by atoms with Crippen molar-refractivity contribution in [3.8, 4) is 73.7 Å². The fraction of sp³-hybridized carbons (Fsp3) is 0.0597. The van der Waals surface area contributed by atoms with Crippen molar-refractivity contribution >= 4 is 50.6 Å². The molecule has 3 aromatic heterocycles. The van der Waals surface area contributed by atoms with E-state index < -0.39 is 65.8 Å². The van der Waals surface area contributed by atoms with Crippen LogP contribution >= 0.6 is 0 Å². The minimum atomic E-state index is -0.584. The quantitative estimate of drug-likeness (QED) is 0.128. The number of pyridine rings is 1. The maximum absolute atomic E-state index is 9.20. The van der Waals surface area contributed by atoms with E-state index in [4.69, 9.17) is 32.9 Å². The van der Waals surface area contributed by atoms with Crippen LogP contribution in [0.3, 0.4) is 0 Å². The van der Waals surface area contributed by atoms with E-state index in [-0.39, 0.29) is 27.9 Å². The molecule has 1 aliphatic rings. The van der Waals surface area contributed by atoms with Crippen molar-refractivity contribution < 1.29 is 18.4 Å². The second-order valence-electron chi connectivity index (χ2n) is 19.0. The van der Waals surface area contributed by atoms with E-state index in [2.05, 4.69) is 49.5 Å². The van der Waals surface area contributed by atoms with Crippen LogP contribution in [0.15, 0.2) is 243 Å². The molecule has 4 heterocycles. The van der Waals surface area contributed by atoms with Crippen molar-refractivity contribution in [1.82, 2.24) is 33.7 Å². The molecule has 0 amide bonds. The van der Waals surface area contributed by atoms with E-state index in [1.54, 1.807) is 29.0 Å². The van der Waals surface area contributed by atoms with Gasteiger partial charge >= 0.3 is 6.01 Å². The molecule has 0 atom stereocenters. The summed E-state index contributed by atoms with van der Waals surface area (Å²) in [4.78, 5) is 20.3. The highest BCUT2D eigenvalue weighted by Gasteiger charge is 2.40. The number of nitrogens with zero attached hydrogens (tertiary/aromatic N) is 7. The summed E-state index contributed by atoms with van der Waals surface area (Å²) in [5.74, 6) is 2.85. The van der Waals surface area contributed by atoms with Crippen molar-refractivity contribution in [2.24, 2.45) is 0 Å². The molecule has 0 bridgehead atoms. The normalized spacial score (nSPS) is 14.0. The van der Waals surface area contributed by atoms with Gasteiger partial charge in [-0.25, -0.2) is 19.9 Å². The smallest absolute Gasteiger partial charge is 0.456 e. The third kappa shape index (κ3) is 8.35. The van der Waals surface area contributed by atoms with Crippen LogP contribution in [0, 0.1) is 0 Å². The monoisotopic (exact) mass is 977 g/mol. The van der Waals surface area contributed by atoms with Gasteiger partial charge in [0.25, 0.3) is 11.4 Å². The molecule has 0 radical (unpaired) electrons. The summed E-state index contributed by atoms with van der Waals surface area (Å²) in [6.45, 7) is 6.29. The molecule has 75 heavy (non-hydrogen) atoms. The molecule has 0 saturated carbocycles. The summed E-state index contributed by atoms with van der Waals surface area (Å²) in [5.41, 5.74) is 6.13. The number of fused-ring (bicyclic) bond motifs is 4. The molecule has 0 N–H and O–H groups in total. The zero-order valence-corrected chi connectivity index (χ0v) is 40.9. The lowest BCUT2D eigenvalue weighted by Gasteiger charge is -2.20. The lowest BCUT2D eigenvalue weighted by molar-refractivity contribution is 0.480. The van der Waals surface area contributed by atoms with Crippen LogP contribution in [-0.2, 0) is 5.41 Å². The first-order valence-electron chi connectivity index (χ1n) is 29.4. The third-order valence-electron chi connectivity index (χ3n) is 13.2. The number of hydrogen-bond donors (Lipinski definition) is 0. The number of hydrogen-bond acceptors (Lipinski definition) is 5. The molecule has 9 aromatic carbocycles. The highest BCUT2D eigenvalue weighted by Crippen LogP contribution is 2.47. The van der Waals surface area contributed by atoms with Crippen LogP contribution in [0.1, 0.15) is 40.0 Å². The second-order valence-corrected chi connectivity index (χ2v) is 19.0. The summed E-state index contributed by atoms with van der Waals surface area (Å²) < 4.78 is 102. The highest BCUT2D eigenvalue weighted by atomic mass is 16.5. The second kappa shape index (κ2) is 18.6. The molecule has 0 unspecified atom stereocenters. The Hall–Kier alpha value is -9.88. The lowest BCUT2D eigenvalue weighted by Crippen LogP contribution is -2.12. The van der Waals surface area contributed by atoms with Gasteiger partial charge in [-0.05, 0) is 73.7 Å². The number of benzene rings is 9. The minimum Gasteiger partial charge on any atom is -0.456 e. The fourth-order valence-corrected chi connectivity index (χ4v) is 9.62. The molecule has 0 spiro atoms. The average molecular weight is 978 g/mol. The summed E-state index contributed by atoms with van der Waals surface area (Å²) in [6, 6.07) is 53.8. The predicted molar refractivity (Wildman–Crippen MR) is 305 cm³/mol. The maximum atomic E-state index is 9.20. The van der Waals surface area contributed by atoms with E-state index in [0.29, 0.717) is 57.4 Å². The van der Waals surface area contributed by atoms with Crippen LogP contribution in [0.25, 0.3) is 84.0 Å². The van der Waals surface area contributed by atoms with E-state index in [0.717, 1.165) is 38.5 Å². The summed E-state index contributed by atoms with van der Waals surface area (Å²) >= 11 is 0. The van der Waals surface area contributed by atoms with Gasteiger partial charge in [-0.3, -0.25) is 4.57 Å². The Kier molecular flexibility index (Phi) is 8.76. The number of rotatable bonds is 10. The van der Waals surface area contributed by atoms with Crippen molar-refractivity contribution in [1.29, 1.82) is 0 Å². The molecule has 0 saturated heterocycles. The molecular weight excluding hydrogens is 919 g/mol. The van der Waals surface area contributed by atoms with E-state index in [1.807, 2.05) is 144 Å². The van der Waals surface area contributed by atoms with E-state index in [1.165, 1.54) is 0 Å². The van der Waals surface area contributed by atoms with Gasteiger partial charge in [0.1, 0.15) is 17.3 Å². The van der Waals surface area contributed by atoms with Crippen LogP contribution in [0.2, 0.25) is 0 Å². The standard InChI is InChI=1S/C67H49N7O/c1-67(2,3)49-39-50(72-44-73(59-36-19-18-35-58(59)72)63-52(45-23-8-4-9-24-45)32-22-33-53(63)46-25-10-5-11-26-46)41-51(40-49)75-61-43-60-55(54-31-16-17-34-57(54)74(60)62-37-20-21-38-68-62)42-56(61)66-70-64(47-27-12-6-13-28-47)69-65(71-66)48-29-14-7-15-30-48/h4-43H,1-3H3/q+2/i4D,5D,8D,9D,10D,11D,23D,24D,25D,26D. The summed E-state index contributed by atoms with van der Waals surface area (Å²) in [5, 5.41) is 1.88. The minimum absolute atomic E-state index is 0.133. The van der Waals surface area contributed by atoms with Gasteiger partial charge in [-0.15, -0.1) is 0 Å². The number of aromatic nitrogens is 5. The SMILES string of the molecule is [2H]c1c([2H])c([2H])c(-c2cccc(-c3c([2H])c([2H])c([2H])c([2H])c3[2H])c2[N+]2=C=[N+](c3cc(Oc4cc5c(cc4-c4nc(-c6ccccc6)nc(-c6ccccc6)n4)c4ccccc4n5-c4ccccn4)cc(C(C)(C)C)c3)c3ccccc32)c([2H])c1[2H].